The molecule has 1 aromatic rings. The SMILES string of the molecule is C=CCc1ccccc1OCC1(CC2CCCCC2)NC(=N)N(C)C1=O. The molecule has 1 saturated carbocycles. The van der Waals surface area contributed by atoms with Crippen molar-refractivity contribution in [3.05, 3.63) is 42.5 Å². The van der Waals surface area contributed by atoms with Crippen molar-refractivity contribution in [2.75, 3.05) is 13.7 Å². The van der Waals surface area contributed by atoms with Crippen molar-refractivity contribution in [3.8, 4) is 5.75 Å². The number of amides is 1. The van der Waals surface area contributed by atoms with Crippen LogP contribution in [0.25, 0.3) is 0 Å². The number of hydrogen-bond acceptors (Lipinski definition) is 3. The molecule has 0 aromatic heterocycles. The summed E-state index contributed by atoms with van der Waals surface area (Å²) in [7, 11) is 1.66. The van der Waals surface area contributed by atoms with Gasteiger partial charge in [-0.2, -0.15) is 0 Å². The highest BCUT2D eigenvalue weighted by Gasteiger charge is 2.50. The number of hydrogen-bond donors (Lipinski definition) is 2. The van der Waals surface area contributed by atoms with Crippen LogP contribution in [0.15, 0.2) is 36.9 Å². The molecule has 3 rings (SSSR count). The van der Waals surface area contributed by atoms with E-state index in [0.29, 0.717) is 5.92 Å². The van der Waals surface area contributed by atoms with E-state index < -0.39 is 5.54 Å². The zero-order valence-corrected chi connectivity index (χ0v) is 15.6. The van der Waals surface area contributed by atoms with Gasteiger partial charge in [-0.25, -0.2) is 0 Å². The van der Waals surface area contributed by atoms with E-state index in [0.717, 1.165) is 37.0 Å². The smallest absolute Gasteiger partial charge is 0.258 e. The summed E-state index contributed by atoms with van der Waals surface area (Å²) < 4.78 is 6.13. The number of nitrogens with one attached hydrogen (secondary N) is 2. The highest BCUT2D eigenvalue weighted by atomic mass is 16.5. The Hall–Kier alpha value is -2.30. The molecule has 1 aliphatic carbocycles. The van der Waals surface area contributed by atoms with E-state index in [1.165, 1.54) is 24.2 Å². The Kier molecular flexibility index (Phi) is 5.64. The monoisotopic (exact) mass is 355 g/mol. The van der Waals surface area contributed by atoms with E-state index >= 15 is 0 Å². The summed E-state index contributed by atoms with van der Waals surface area (Å²) >= 11 is 0. The summed E-state index contributed by atoms with van der Waals surface area (Å²) in [6.45, 7) is 4.04. The lowest BCUT2D eigenvalue weighted by atomic mass is 9.79. The van der Waals surface area contributed by atoms with Crippen molar-refractivity contribution in [1.29, 1.82) is 5.41 Å². The average Bonchev–Trinajstić information content (AvgIpc) is 2.86. The van der Waals surface area contributed by atoms with E-state index in [9.17, 15) is 4.79 Å². The van der Waals surface area contributed by atoms with Crippen LogP contribution in [0.2, 0.25) is 0 Å². The molecule has 1 atom stereocenters. The second-order valence-corrected chi connectivity index (χ2v) is 7.52. The second kappa shape index (κ2) is 7.94. The number of carbonyl (C=O) groups is 1. The van der Waals surface area contributed by atoms with Crippen LogP contribution in [0.3, 0.4) is 0 Å². The molecule has 1 aromatic carbocycles. The zero-order chi connectivity index (χ0) is 18.6. The number of carbonyl (C=O) groups excluding carboxylic acids is 1. The van der Waals surface area contributed by atoms with Crippen LogP contribution in [0.1, 0.15) is 44.1 Å². The Labute approximate surface area is 155 Å². The lowest BCUT2D eigenvalue weighted by Crippen LogP contribution is -2.53. The fraction of sp³-hybridized carbons (Fsp3) is 0.524. The summed E-state index contributed by atoms with van der Waals surface area (Å²) in [5.74, 6) is 1.39. The molecule has 0 bridgehead atoms. The van der Waals surface area contributed by atoms with Crippen molar-refractivity contribution >= 4 is 11.9 Å². The van der Waals surface area contributed by atoms with Gasteiger partial charge in [0.05, 0.1) is 0 Å². The molecule has 5 nitrogen and oxygen atoms in total. The normalized spacial score (nSPS) is 23.8. The summed E-state index contributed by atoms with van der Waals surface area (Å²) in [5, 5.41) is 11.2. The minimum absolute atomic E-state index is 0.0609. The zero-order valence-electron chi connectivity index (χ0n) is 15.6. The minimum atomic E-state index is -0.838. The van der Waals surface area contributed by atoms with Gasteiger partial charge in [0.25, 0.3) is 5.91 Å². The van der Waals surface area contributed by atoms with Gasteiger partial charge in [0, 0.05) is 7.05 Å². The van der Waals surface area contributed by atoms with Crippen molar-refractivity contribution in [1.82, 2.24) is 10.2 Å². The Morgan fingerprint density at radius 2 is 2.08 bits per heavy atom. The van der Waals surface area contributed by atoms with Crippen molar-refractivity contribution in [2.45, 2.75) is 50.5 Å². The number of benzene rings is 1. The van der Waals surface area contributed by atoms with Crippen molar-refractivity contribution in [3.63, 3.8) is 0 Å². The van der Waals surface area contributed by atoms with Gasteiger partial charge < -0.3 is 10.1 Å². The van der Waals surface area contributed by atoms with E-state index in [1.54, 1.807) is 7.05 Å². The lowest BCUT2D eigenvalue weighted by molar-refractivity contribution is -0.132. The number of ether oxygens (including phenoxy) is 1. The Morgan fingerprint density at radius 3 is 2.73 bits per heavy atom. The topological polar surface area (TPSA) is 65.4 Å². The maximum atomic E-state index is 13.0. The fourth-order valence-electron chi connectivity index (χ4n) is 4.14. The largest absolute Gasteiger partial charge is 0.490 e. The van der Waals surface area contributed by atoms with Crippen LogP contribution in [0.5, 0.6) is 5.75 Å². The Morgan fingerprint density at radius 1 is 1.35 bits per heavy atom. The van der Waals surface area contributed by atoms with Crippen molar-refractivity contribution in [2.24, 2.45) is 5.92 Å². The summed E-state index contributed by atoms with van der Waals surface area (Å²) in [5.41, 5.74) is 0.221. The van der Waals surface area contributed by atoms with E-state index in [2.05, 4.69) is 11.9 Å². The molecule has 26 heavy (non-hydrogen) atoms. The Balaban J connectivity index is 1.79. The molecule has 1 unspecified atom stereocenters. The fourth-order valence-corrected chi connectivity index (χ4v) is 4.14. The third-order valence-corrected chi connectivity index (χ3v) is 5.58. The Bertz CT molecular complexity index is 682. The predicted molar refractivity (Wildman–Crippen MR) is 103 cm³/mol. The molecule has 0 radical (unpaired) electrons. The predicted octanol–water partition coefficient (Wildman–Crippen LogP) is 3.50. The number of likely N-dealkylation sites (N-methyl/N-ethyl adjacent to an activating group) is 1. The maximum absolute atomic E-state index is 13.0. The molecule has 1 heterocycles. The highest BCUT2D eigenvalue weighted by molar-refractivity contribution is 6.07. The first kappa shape index (κ1) is 18.5. The molecule has 2 aliphatic rings. The van der Waals surface area contributed by atoms with Gasteiger partial charge in [0.15, 0.2) is 11.5 Å². The first-order valence-corrected chi connectivity index (χ1v) is 9.52. The first-order chi connectivity index (χ1) is 12.6. The third kappa shape index (κ3) is 3.76. The minimum Gasteiger partial charge on any atom is -0.490 e. The number of allylic oxidation sites excluding steroid dienone is 1. The number of rotatable bonds is 7. The molecule has 2 fully saturated rings. The van der Waals surface area contributed by atoms with E-state index in [1.807, 2.05) is 30.3 Å². The van der Waals surface area contributed by atoms with Gasteiger partial charge in [0.1, 0.15) is 12.4 Å². The van der Waals surface area contributed by atoms with Gasteiger partial charge in [-0.05, 0) is 30.4 Å². The number of nitrogens with zero attached hydrogens (tertiary/aromatic N) is 1. The molecular formula is C21H29N3O2. The second-order valence-electron chi connectivity index (χ2n) is 7.52. The molecule has 1 saturated heterocycles. The third-order valence-electron chi connectivity index (χ3n) is 5.58. The maximum Gasteiger partial charge on any atom is 0.258 e. The van der Waals surface area contributed by atoms with Gasteiger partial charge >= 0.3 is 0 Å². The molecule has 5 heteroatoms. The highest BCUT2D eigenvalue weighted by Crippen LogP contribution is 2.34. The molecule has 1 amide bonds. The van der Waals surface area contributed by atoms with Crippen molar-refractivity contribution < 1.29 is 9.53 Å². The molecule has 0 spiro atoms. The summed E-state index contributed by atoms with van der Waals surface area (Å²) in [4.78, 5) is 14.4. The standard InChI is InChI=1S/C21H29N3O2/c1-3-9-17-12-7-8-13-18(17)26-15-21(14-16-10-5-4-6-11-16)19(25)24(2)20(22)23-21/h3,7-8,12-13,16H,1,4-6,9-11,14-15H2,2H3,(H2,22,23). The summed E-state index contributed by atoms with van der Waals surface area (Å²) in [6.07, 6.45) is 9.34. The van der Waals surface area contributed by atoms with Gasteiger partial charge in [-0.15, -0.1) is 6.58 Å². The summed E-state index contributed by atoms with van der Waals surface area (Å²) in [6, 6.07) is 7.87. The molecule has 2 N–H and O–H groups in total. The molecular weight excluding hydrogens is 326 g/mol. The van der Waals surface area contributed by atoms with Crippen LogP contribution in [-0.4, -0.2) is 36.0 Å². The molecule has 140 valence electrons. The van der Waals surface area contributed by atoms with Crippen LogP contribution >= 0.6 is 0 Å². The lowest BCUT2D eigenvalue weighted by Gasteiger charge is -2.33. The van der Waals surface area contributed by atoms with Gasteiger partial charge in [-0.1, -0.05) is 56.4 Å². The average molecular weight is 355 g/mol. The van der Waals surface area contributed by atoms with E-state index in [-0.39, 0.29) is 18.5 Å². The number of guanidine groups is 1. The quantitative estimate of drug-likeness (QED) is 0.736. The number of para-hydroxylation sites is 1. The van der Waals surface area contributed by atoms with Crippen LogP contribution in [-0.2, 0) is 11.2 Å². The van der Waals surface area contributed by atoms with Crippen LogP contribution < -0.4 is 10.1 Å². The van der Waals surface area contributed by atoms with Crippen LogP contribution in [0, 0.1) is 11.3 Å². The molecule has 1 aliphatic heterocycles. The van der Waals surface area contributed by atoms with Gasteiger partial charge in [-0.3, -0.25) is 15.1 Å². The van der Waals surface area contributed by atoms with Crippen LogP contribution in [0.4, 0.5) is 0 Å². The first-order valence-electron chi connectivity index (χ1n) is 9.52. The van der Waals surface area contributed by atoms with E-state index in [4.69, 9.17) is 10.1 Å². The van der Waals surface area contributed by atoms with Gasteiger partial charge in [0.2, 0.25) is 0 Å².